The third-order valence-electron chi connectivity index (χ3n) is 5.24. The van der Waals surface area contributed by atoms with Crippen molar-refractivity contribution in [2.24, 2.45) is 5.16 Å². The van der Waals surface area contributed by atoms with Crippen molar-refractivity contribution in [2.75, 3.05) is 6.61 Å². The number of nitrogens with zero attached hydrogens (tertiary/aromatic N) is 2. The molecule has 0 aliphatic carbocycles. The molecular formula is C22H25FN2O4. The van der Waals surface area contributed by atoms with E-state index in [0.717, 1.165) is 23.2 Å². The maximum Gasteiger partial charge on any atom is 0.340 e. The predicted octanol–water partition coefficient (Wildman–Crippen LogP) is 4.33. The second-order valence-electron chi connectivity index (χ2n) is 7.39. The number of aromatic nitrogens is 1. The number of hydrogen-bond donors (Lipinski definition) is 1. The normalized spacial score (nSPS) is 14.5. The number of aryl methyl sites for hydroxylation is 1. The van der Waals surface area contributed by atoms with Crippen LogP contribution in [0.5, 0.6) is 11.5 Å². The molecule has 1 unspecified atom stereocenters. The second kappa shape index (κ2) is 8.59. The number of ether oxygens (including phenoxy) is 1. The summed E-state index contributed by atoms with van der Waals surface area (Å²) in [7, 11) is 0. The lowest BCUT2D eigenvalue weighted by Gasteiger charge is -2.16. The molecule has 1 aromatic heterocycles. The van der Waals surface area contributed by atoms with Gasteiger partial charge in [-0.05, 0) is 55.2 Å². The van der Waals surface area contributed by atoms with Gasteiger partial charge in [0.25, 0.3) is 0 Å². The first-order valence-electron chi connectivity index (χ1n) is 9.65. The van der Waals surface area contributed by atoms with Gasteiger partial charge >= 0.3 is 5.97 Å². The molecule has 0 saturated carbocycles. The van der Waals surface area contributed by atoms with Gasteiger partial charge in [-0.25, -0.2) is 9.18 Å². The fraction of sp³-hybridized carbons (Fsp3) is 0.409. The number of oxime groups is 1. The number of hydrogen-bond acceptors (Lipinski definition) is 6. The van der Waals surface area contributed by atoms with Gasteiger partial charge in [0.2, 0.25) is 0 Å². The number of rotatable bonds is 7. The maximum absolute atomic E-state index is 14.9. The lowest BCUT2D eigenvalue weighted by Crippen LogP contribution is -2.12. The highest BCUT2D eigenvalue weighted by atomic mass is 19.1. The maximum atomic E-state index is 14.9. The molecule has 154 valence electrons. The minimum Gasteiger partial charge on any atom is -0.506 e. The van der Waals surface area contributed by atoms with E-state index in [0.29, 0.717) is 23.4 Å². The summed E-state index contributed by atoms with van der Waals surface area (Å²) in [6.07, 6.45) is 1.38. The molecule has 29 heavy (non-hydrogen) atoms. The van der Waals surface area contributed by atoms with Gasteiger partial charge in [0.1, 0.15) is 18.1 Å². The van der Waals surface area contributed by atoms with Crippen LogP contribution in [0.3, 0.4) is 0 Å². The van der Waals surface area contributed by atoms with E-state index in [-0.39, 0.29) is 30.4 Å². The van der Waals surface area contributed by atoms with E-state index >= 15 is 0 Å². The van der Waals surface area contributed by atoms with E-state index in [2.05, 4.69) is 15.0 Å². The second-order valence-corrected chi connectivity index (χ2v) is 7.39. The van der Waals surface area contributed by atoms with Crippen LogP contribution in [0, 0.1) is 19.7 Å². The first-order chi connectivity index (χ1) is 13.8. The summed E-state index contributed by atoms with van der Waals surface area (Å²) in [4.78, 5) is 20.2. The monoisotopic (exact) mass is 400 g/mol. The molecule has 6 nitrogen and oxygen atoms in total. The number of benzene rings is 1. The van der Waals surface area contributed by atoms with Gasteiger partial charge in [0.05, 0.1) is 12.1 Å². The van der Waals surface area contributed by atoms with Gasteiger partial charge in [-0.1, -0.05) is 19.0 Å². The zero-order chi connectivity index (χ0) is 21.1. The zero-order valence-corrected chi connectivity index (χ0v) is 17.1. The number of pyridine rings is 1. The molecule has 0 spiro atoms. The summed E-state index contributed by atoms with van der Waals surface area (Å²) in [5.74, 6) is -0.449. The standard InChI is InChI=1S/C22H25FN2O4/c1-5-12(2)22-18(26)7-6-15(24-22)9-17-13(3)8-19(21(23)14(17)4)28-11-16-10-20(27)29-25-16/h6-8,12,26H,5,9-11H2,1-4H3. The topological polar surface area (TPSA) is 81.0 Å². The van der Waals surface area contributed by atoms with E-state index in [1.807, 2.05) is 20.8 Å². The average molecular weight is 400 g/mol. The van der Waals surface area contributed by atoms with Gasteiger partial charge in [0.15, 0.2) is 11.6 Å². The molecule has 1 N–H and O–H groups in total. The first-order valence-corrected chi connectivity index (χ1v) is 9.65. The third-order valence-corrected chi connectivity index (χ3v) is 5.24. The zero-order valence-electron chi connectivity index (χ0n) is 17.1. The summed E-state index contributed by atoms with van der Waals surface area (Å²) in [6, 6.07) is 5.05. The summed E-state index contributed by atoms with van der Waals surface area (Å²) in [5, 5.41) is 13.7. The fourth-order valence-electron chi connectivity index (χ4n) is 3.27. The lowest BCUT2D eigenvalue weighted by molar-refractivity contribution is -0.140. The SMILES string of the molecule is CCC(C)c1nc(Cc2c(C)cc(OCC3=NOC(=O)C3)c(F)c2C)ccc1O. The van der Waals surface area contributed by atoms with Crippen LogP contribution in [0.25, 0.3) is 0 Å². The molecular weight excluding hydrogens is 375 g/mol. The van der Waals surface area contributed by atoms with Crippen molar-refractivity contribution >= 4 is 11.7 Å². The first kappa shape index (κ1) is 20.8. The third kappa shape index (κ3) is 4.55. The van der Waals surface area contributed by atoms with Gasteiger partial charge in [-0.2, -0.15) is 0 Å². The molecule has 1 aliphatic heterocycles. The molecule has 0 bridgehead atoms. The van der Waals surface area contributed by atoms with Crippen molar-refractivity contribution in [1.82, 2.24) is 4.98 Å². The Hall–Kier alpha value is -2.96. The van der Waals surface area contributed by atoms with Crippen molar-refractivity contribution in [3.05, 3.63) is 52.1 Å². The Morgan fingerprint density at radius 3 is 2.76 bits per heavy atom. The number of carbonyl (C=O) groups is 1. The molecule has 0 radical (unpaired) electrons. The molecule has 0 saturated heterocycles. The molecule has 0 fully saturated rings. The fourth-order valence-corrected chi connectivity index (χ4v) is 3.27. The van der Waals surface area contributed by atoms with Crippen molar-refractivity contribution < 1.29 is 23.9 Å². The molecule has 2 heterocycles. The van der Waals surface area contributed by atoms with Crippen LogP contribution in [0.1, 0.15) is 60.7 Å². The molecule has 7 heteroatoms. The van der Waals surface area contributed by atoms with Crippen LogP contribution in [-0.2, 0) is 16.1 Å². The highest BCUT2D eigenvalue weighted by Crippen LogP contribution is 2.30. The van der Waals surface area contributed by atoms with Crippen molar-refractivity contribution in [3.8, 4) is 11.5 Å². The van der Waals surface area contributed by atoms with Gasteiger partial charge in [-0.15, -0.1) is 0 Å². The van der Waals surface area contributed by atoms with Gasteiger partial charge in [-0.3, -0.25) is 4.98 Å². The Kier molecular flexibility index (Phi) is 6.15. The molecule has 1 atom stereocenters. The number of carbonyl (C=O) groups excluding carboxylic acids is 1. The summed E-state index contributed by atoms with van der Waals surface area (Å²) >= 11 is 0. The Morgan fingerprint density at radius 2 is 2.10 bits per heavy atom. The van der Waals surface area contributed by atoms with Crippen LogP contribution in [-0.4, -0.2) is 28.4 Å². The van der Waals surface area contributed by atoms with E-state index in [9.17, 15) is 14.3 Å². The Bertz CT molecular complexity index is 972. The highest BCUT2D eigenvalue weighted by molar-refractivity contribution is 6.02. The quantitative estimate of drug-likeness (QED) is 0.700. The lowest BCUT2D eigenvalue weighted by atomic mass is 9.96. The Labute approximate surface area is 169 Å². The van der Waals surface area contributed by atoms with Crippen molar-refractivity contribution in [1.29, 1.82) is 0 Å². The number of aromatic hydroxyl groups is 1. The average Bonchev–Trinajstić information content (AvgIpc) is 3.12. The Morgan fingerprint density at radius 1 is 1.34 bits per heavy atom. The largest absolute Gasteiger partial charge is 0.506 e. The smallest absolute Gasteiger partial charge is 0.340 e. The summed E-state index contributed by atoms with van der Waals surface area (Å²) < 4.78 is 20.4. The molecule has 0 amide bonds. The van der Waals surface area contributed by atoms with Crippen LogP contribution in [0.15, 0.2) is 23.4 Å². The minimum absolute atomic E-state index is 0.00132. The van der Waals surface area contributed by atoms with Crippen LogP contribution in [0.2, 0.25) is 0 Å². The van der Waals surface area contributed by atoms with Crippen molar-refractivity contribution in [2.45, 2.75) is 52.9 Å². The van der Waals surface area contributed by atoms with E-state index < -0.39 is 11.8 Å². The Balaban J connectivity index is 1.82. The molecule has 1 aliphatic rings. The van der Waals surface area contributed by atoms with Crippen LogP contribution in [0.4, 0.5) is 4.39 Å². The van der Waals surface area contributed by atoms with Crippen LogP contribution < -0.4 is 4.74 Å². The van der Waals surface area contributed by atoms with Crippen molar-refractivity contribution in [3.63, 3.8) is 0 Å². The van der Waals surface area contributed by atoms with E-state index in [4.69, 9.17) is 4.74 Å². The van der Waals surface area contributed by atoms with Gasteiger partial charge in [0, 0.05) is 18.0 Å². The molecule has 3 rings (SSSR count). The molecule has 2 aromatic rings. The molecule has 1 aromatic carbocycles. The number of halogens is 1. The van der Waals surface area contributed by atoms with E-state index in [1.54, 1.807) is 25.1 Å². The van der Waals surface area contributed by atoms with E-state index in [1.165, 1.54) is 0 Å². The van der Waals surface area contributed by atoms with Gasteiger partial charge < -0.3 is 14.7 Å². The summed E-state index contributed by atoms with van der Waals surface area (Å²) in [5.41, 5.74) is 4.06. The highest BCUT2D eigenvalue weighted by Gasteiger charge is 2.20. The minimum atomic E-state index is -0.447. The predicted molar refractivity (Wildman–Crippen MR) is 107 cm³/mol. The summed E-state index contributed by atoms with van der Waals surface area (Å²) in [6.45, 7) is 7.66. The van der Waals surface area contributed by atoms with Crippen LogP contribution >= 0.6 is 0 Å².